The standard InChI is InChI=1S/C17H18IN7O2S/c1-10-15-14(25(23-10)28-18)7-12(8-21-15)16(26)17(22-19)24(20)9-11-3-5-13(27-2)6-4-11/h3-8H,9,19-20H2,1-2H3/b22-17-. The van der Waals surface area contributed by atoms with E-state index < -0.39 is 5.78 Å². The number of benzene rings is 1. The quantitative estimate of drug-likeness (QED) is 0.129. The molecule has 3 rings (SSSR count). The molecular formula is C17H18IN7O2S. The lowest BCUT2D eigenvalue weighted by molar-refractivity contribution is 0.104. The number of pyridine rings is 1. The zero-order valence-corrected chi connectivity index (χ0v) is 18.1. The molecule has 4 N–H and O–H groups in total. The highest BCUT2D eigenvalue weighted by Gasteiger charge is 2.21. The molecule has 0 saturated carbocycles. The average molecular weight is 511 g/mol. The van der Waals surface area contributed by atoms with Crippen LogP contribution in [0, 0.1) is 6.92 Å². The van der Waals surface area contributed by atoms with Crippen molar-refractivity contribution < 1.29 is 9.53 Å². The number of aryl methyl sites for hydroxylation is 1. The maximum absolute atomic E-state index is 12.9. The lowest BCUT2D eigenvalue weighted by Crippen LogP contribution is -2.42. The maximum Gasteiger partial charge on any atom is 0.232 e. The predicted molar refractivity (Wildman–Crippen MR) is 118 cm³/mol. The number of ketones is 1. The lowest BCUT2D eigenvalue weighted by Gasteiger charge is -2.19. The molecule has 11 heteroatoms. The average Bonchev–Trinajstić information content (AvgIpc) is 3.04. The van der Waals surface area contributed by atoms with Crippen LogP contribution in [0.4, 0.5) is 0 Å². The van der Waals surface area contributed by atoms with Crippen molar-refractivity contribution in [2.45, 2.75) is 13.5 Å². The van der Waals surface area contributed by atoms with Crippen LogP contribution in [-0.4, -0.2) is 37.9 Å². The number of hydrazine groups is 1. The van der Waals surface area contributed by atoms with Gasteiger partial charge in [0.05, 0.1) is 19.3 Å². The summed E-state index contributed by atoms with van der Waals surface area (Å²) < 4.78 is 6.84. The van der Waals surface area contributed by atoms with Crippen molar-refractivity contribution in [1.82, 2.24) is 19.2 Å². The molecule has 0 atom stereocenters. The van der Waals surface area contributed by atoms with E-state index >= 15 is 0 Å². The lowest BCUT2D eigenvalue weighted by atomic mass is 10.1. The molecule has 28 heavy (non-hydrogen) atoms. The van der Waals surface area contributed by atoms with Gasteiger partial charge in [-0.1, -0.05) is 12.1 Å². The molecule has 2 aromatic heterocycles. The van der Waals surface area contributed by atoms with Crippen LogP contribution in [0.2, 0.25) is 0 Å². The first kappa shape index (κ1) is 20.4. The molecule has 0 aliphatic rings. The third kappa shape index (κ3) is 4.05. The number of methoxy groups -OCH3 is 1. The van der Waals surface area contributed by atoms with Crippen LogP contribution < -0.4 is 16.4 Å². The fraction of sp³-hybridized carbons (Fsp3) is 0.176. The van der Waals surface area contributed by atoms with Crippen LogP contribution in [0.5, 0.6) is 5.75 Å². The van der Waals surface area contributed by atoms with Crippen molar-refractivity contribution in [3.05, 3.63) is 53.3 Å². The van der Waals surface area contributed by atoms with Gasteiger partial charge < -0.3 is 10.6 Å². The predicted octanol–water partition coefficient (Wildman–Crippen LogP) is 2.43. The Hall–Kier alpha value is -2.38. The summed E-state index contributed by atoms with van der Waals surface area (Å²) in [4.78, 5) is 17.3. The number of amidine groups is 1. The number of ether oxygens (including phenoxy) is 1. The summed E-state index contributed by atoms with van der Waals surface area (Å²) in [5, 5.41) is 9.20. The van der Waals surface area contributed by atoms with Crippen molar-refractivity contribution in [1.29, 1.82) is 0 Å². The summed E-state index contributed by atoms with van der Waals surface area (Å²) in [6.45, 7) is 2.12. The van der Waals surface area contributed by atoms with Crippen LogP contribution >= 0.6 is 30.3 Å². The minimum atomic E-state index is -0.420. The van der Waals surface area contributed by atoms with E-state index in [1.54, 1.807) is 17.3 Å². The van der Waals surface area contributed by atoms with E-state index in [0.717, 1.165) is 28.0 Å². The summed E-state index contributed by atoms with van der Waals surface area (Å²) in [7, 11) is 2.98. The topological polar surface area (TPSA) is 125 Å². The van der Waals surface area contributed by atoms with Crippen LogP contribution in [0.25, 0.3) is 11.0 Å². The van der Waals surface area contributed by atoms with Crippen molar-refractivity contribution in [2.75, 3.05) is 7.11 Å². The molecule has 146 valence electrons. The molecule has 0 amide bonds. The number of halogens is 1. The molecule has 0 saturated heterocycles. The molecular weight excluding hydrogens is 493 g/mol. The fourth-order valence-corrected chi connectivity index (χ4v) is 3.95. The number of aromatic nitrogens is 3. The number of Topliss-reactive ketones (excluding diaryl/α,β-unsaturated/α-hetero) is 1. The highest BCUT2D eigenvalue weighted by Crippen LogP contribution is 2.25. The van der Waals surface area contributed by atoms with Gasteiger partial charge in [-0.25, -0.2) is 5.84 Å². The molecule has 2 heterocycles. The van der Waals surface area contributed by atoms with Crippen LogP contribution in [0.15, 0.2) is 41.6 Å². The number of hydrogen-bond donors (Lipinski definition) is 2. The Labute approximate surface area is 177 Å². The Morgan fingerprint density at radius 2 is 2.11 bits per heavy atom. The summed E-state index contributed by atoms with van der Waals surface area (Å²) in [5.41, 5.74) is 3.45. The SMILES string of the molecule is COc1ccc(CN(N)/C(=N\N)C(=O)c2cnc3c(C)nn(SI)c3c2)cc1. The summed E-state index contributed by atoms with van der Waals surface area (Å²) in [6, 6.07) is 9.04. The Morgan fingerprint density at radius 3 is 2.71 bits per heavy atom. The molecule has 0 aliphatic heterocycles. The number of carbonyl (C=O) groups is 1. The number of carbonyl (C=O) groups excluding carboxylic acids is 1. The Kier molecular flexibility index (Phi) is 6.36. The van der Waals surface area contributed by atoms with Gasteiger partial charge >= 0.3 is 0 Å². The fourth-order valence-electron chi connectivity index (χ4n) is 2.69. The van der Waals surface area contributed by atoms with E-state index in [9.17, 15) is 4.79 Å². The Bertz CT molecular complexity index is 1040. The van der Waals surface area contributed by atoms with E-state index in [1.807, 2.05) is 31.2 Å². The molecule has 0 radical (unpaired) electrons. The van der Waals surface area contributed by atoms with E-state index in [2.05, 4.69) is 36.4 Å². The van der Waals surface area contributed by atoms with E-state index in [1.165, 1.54) is 20.3 Å². The molecule has 0 spiro atoms. The second-order valence-electron chi connectivity index (χ2n) is 5.88. The monoisotopic (exact) mass is 511 g/mol. The maximum atomic E-state index is 12.9. The molecule has 0 aliphatic carbocycles. The molecule has 0 bridgehead atoms. The zero-order chi connectivity index (χ0) is 20.3. The first-order chi connectivity index (χ1) is 13.5. The first-order valence-electron chi connectivity index (χ1n) is 8.10. The largest absolute Gasteiger partial charge is 0.497 e. The number of hydrogen-bond acceptors (Lipinski definition) is 8. The van der Waals surface area contributed by atoms with Gasteiger partial charge in [0.15, 0.2) is 0 Å². The van der Waals surface area contributed by atoms with Gasteiger partial charge in [-0.05, 0) is 30.7 Å². The second kappa shape index (κ2) is 8.75. The van der Waals surface area contributed by atoms with Crippen LogP contribution in [0.1, 0.15) is 21.6 Å². The smallest absolute Gasteiger partial charge is 0.232 e. The number of fused-ring (bicyclic) bond motifs is 1. The first-order valence-corrected chi connectivity index (χ1v) is 11.4. The summed E-state index contributed by atoms with van der Waals surface area (Å²) >= 11 is 2.12. The summed E-state index contributed by atoms with van der Waals surface area (Å²) in [5.74, 6) is 11.8. The third-order valence-corrected chi connectivity index (χ3v) is 5.62. The van der Waals surface area contributed by atoms with Crippen molar-refractivity contribution in [2.24, 2.45) is 16.8 Å². The van der Waals surface area contributed by atoms with Crippen LogP contribution in [0.3, 0.4) is 0 Å². The molecule has 3 aromatic rings. The Morgan fingerprint density at radius 1 is 1.39 bits per heavy atom. The molecule has 1 aromatic carbocycles. The van der Waals surface area contributed by atoms with Gasteiger partial charge in [-0.15, -0.1) is 0 Å². The van der Waals surface area contributed by atoms with E-state index in [-0.39, 0.29) is 12.4 Å². The van der Waals surface area contributed by atoms with Gasteiger partial charge in [0.25, 0.3) is 0 Å². The number of nitrogens with zero attached hydrogens (tertiary/aromatic N) is 5. The summed E-state index contributed by atoms with van der Waals surface area (Å²) in [6.07, 6.45) is 1.48. The van der Waals surface area contributed by atoms with E-state index in [0.29, 0.717) is 5.56 Å². The highest BCUT2D eigenvalue weighted by molar-refractivity contribution is 14.2. The van der Waals surface area contributed by atoms with Gasteiger partial charge in [0, 0.05) is 42.1 Å². The van der Waals surface area contributed by atoms with E-state index in [4.69, 9.17) is 16.4 Å². The van der Waals surface area contributed by atoms with Crippen molar-refractivity contribution in [3.8, 4) is 5.75 Å². The highest BCUT2D eigenvalue weighted by atomic mass is 127. The number of nitrogens with two attached hydrogens (primary N) is 2. The number of rotatable bonds is 6. The van der Waals surface area contributed by atoms with Crippen molar-refractivity contribution >= 4 is 53.0 Å². The van der Waals surface area contributed by atoms with Crippen molar-refractivity contribution in [3.63, 3.8) is 0 Å². The molecule has 9 nitrogen and oxygen atoms in total. The third-order valence-electron chi connectivity index (χ3n) is 4.09. The normalized spacial score (nSPS) is 11.6. The van der Waals surface area contributed by atoms with Gasteiger partial charge in [0.2, 0.25) is 11.6 Å². The van der Waals surface area contributed by atoms with Crippen LogP contribution in [-0.2, 0) is 6.54 Å². The minimum absolute atomic E-state index is 0.0677. The van der Waals surface area contributed by atoms with Gasteiger partial charge in [-0.3, -0.25) is 14.8 Å². The van der Waals surface area contributed by atoms with Gasteiger partial charge in [0.1, 0.15) is 16.8 Å². The Balaban J connectivity index is 1.85. The molecule has 0 unspecified atom stereocenters. The second-order valence-corrected chi connectivity index (χ2v) is 7.54. The number of hydrazone groups is 1. The zero-order valence-electron chi connectivity index (χ0n) is 15.2. The minimum Gasteiger partial charge on any atom is -0.497 e. The molecule has 0 fully saturated rings. The van der Waals surface area contributed by atoms with Gasteiger partial charge in [-0.2, -0.15) is 14.3 Å².